The highest BCUT2D eigenvalue weighted by Crippen LogP contribution is 2.27. The summed E-state index contributed by atoms with van der Waals surface area (Å²) in [4.78, 5) is 23.6. The molecule has 0 saturated heterocycles. The van der Waals surface area contributed by atoms with Gasteiger partial charge in [0.25, 0.3) is 5.91 Å². The van der Waals surface area contributed by atoms with E-state index in [9.17, 15) is 9.59 Å². The fourth-order valence-corrected chi connectivity index (χ4v) is 1.89. The van der Waals surface area contributed by atoms with E-state index in [0.717, 1.165) is 12.1 Å². The Bertz CT molecular complexity index is 510. The van der Waals surface area contributed by atoms with Gasteiger partial charge in [-0.1, -0.05) is 6.07 Å². The van der Waals surface area contributed by atoms with Crippen molar-refractivity contribution in [3.63, 3.8) is 0 Å². The van der Waals surface area contributed by atoms with Crippen LogP contribution >= 0.6 is 0 Å². The van der Waals surface area contributed by atoms with Crippen molar-refractivity contribution < 1.29 is 9.59 Å². The normalized spacial score (nSPS) is 13.7. The first-order chi connectivity index (χ1) is 9.60. The summed E-state index contributed by atoms with van der Waals surface area (Å²) in [6.07, 6.45) is 2.40. The molecule has 0 aliphatic heterocycles. The summed E-state index contributed by atoms with van der Waals surface area (Å²) in [5.74, 6) is 0.512. The molecule has 1 saturated carbocycles. The van der Waals surface area contributed by atoms with Crippen molar-refractivity contribution in [2.45, 2.75) is 26.7 Å². The maximum Gasteiger partial charge on any atom is 0.319 e. The van der Waals surface area contributed by atoms with Crippen LogP contribution < -0.4 is 16.0 Å². The molecule has 5 heteroatoms. The van der Waals surface area contributed by atoms with Crippen LogP contribution in [0.3, 0.4) is 0 Å². The predicted octanol–water partition coefficient (Wildman–Crippen LogP) is 2.28. The van der Waals surface area contributed by atoms with E-state index in [1.54, 1.807) is 12.1 Å². The third kappa shape index (κ3) is 3.98. The minimum absolute atomic E-state index is 0.131. The summed E-state index contributed by atoms with van der Waals surface area (Å²) in [6, 6.07) is 5.08. The summed E-state index contributed by atoms with van der Waals surface area (Å²) in [6.45, 7) is 5.08. The zero-order valence-corrected chi connectivity index (χ0v) is 12.0. The van der Waals surface area contributed by atoms with Crippen LogP contribution in [0.15, 0.2) is 18.2 Å². The molecule has 108 valence electrons. The van der Waals surface area contributed by atoms with Gasteiger partial charge in [-0.25, -0.2) is 4.79 Å². The highest BCUT2D eigenvalue weighted by Gasteiger charge is 2.21. The molecule has 0 unspecified atom stereocenters. The molecular formula is C15H21N3O2. The number of rotatable bonds is 5. The highest BCUT2D eigenvalue weighted by molar-refractivity contribution is 5.97. The lowest BCUT2D eigenvalue weighted by molar-refractivity contribution is 0.0956. The minimum Gasteiger partial charge on any atom is -0.352 e. The standard InChI is InChI=1S/C15H21N3O2/c1-3-16-14(19)12-7-4-10(2)13(8-12)18-15(20)17-9-11-5-6-11/h4,7-8,11H,3,5-6,9H2,1-2H3,(H,16,19)(H2,17,18,20). The number of hydrogen-bond acceptors (Lipinski definition) is 2. The highest BCUT2D eigenvalue weighted by atomic mass is 16.2. The molecule has 1 aromatic carbocycles. The van der Waals surface area contributed by atoms with Gasteiger partial charge in [0.05, 0.1) is 0 Å². The number of urea groups is 1. The van der Waals surface area contributed by atoms with Crippen LogP contribution in [-0.2, 0) is 0 Å². The molecule has 1 fully saturated rings. The lowest BCUT2D eigenvalue weighted by Crippen LogP contribution is -2.30. The number of carbonyl (C=O) groups excluding carboxylic acids is 2. The van der Waals surface area contributed by atoms with E-state index in [4.69, 9.17) is 0 Å². The molecule has 20 heavy (non-hydrogen) atoms. The molecule has 3 N–H and O–H groups in total. The number of benzene rings is 1. The first-order valence-corrected chi connectivity index (χ1v) is 7.04. The van der Waals surface area contributed by atoms with Crippen LogP contribution in [0.25, 0.3) is 0 Å². The molecular weight excluding hydrogens is 254 g/mol. The van der Waals surface area contributed by atoms with Crippen LogP contribution in [-0.4, -0.2) is 25.0 Å². The van der Waals surface area contributed by atoms with Gasteiger partial charge in [0.15, 0.2) is 0 Å². The van der Waals surface area contributed by atoms with Crippen molar-refractivity contribution in [1.29, 1.82) is 0 Å². The Morgan fingerprint density at radius 1 is 1.25 bits per heavy atom. The molecule has 3 amide bonds. The van der Waals surface area contributed by atoms with Crippen LogP contribution in [0.1, 0.15) is 35.7 Å². The van der Waals surface area contributed by atoms with Crippen molar-refractivity contribution in [2.75, 3.05) is 18.4 Å². The number of hydrogen-bond donors (Lipinski definition) is 3. The van der Waals surface area contributed by atoms with Crippen molar-refractivity contribution >= 4 is 17.6 Å². The van der Waals surface area contributed by atoms with E-state index in [-0.39, 0.29) is 11.9 Å². The number of nitrogens with one attached hydrogen (secondary N) is 3. The Balaban J connectivity index is 1.99. The molecule has 1 aromatic rings. The van der Waals surface area contributed by atoms with E-state index in [1.807, 2.05) is 19.9 Å². The Labute approximate surface area is 119 Å². The Kier molecular flexibility index (Phi) is 4.61. The summed E-state index contributed by atoms with van der Waals surface area (Å²) in [7, 11) is 0. The van der Waals surface area contributed by atoms with Crippen molar-refractivity contribution in [3.05, 3.63) is 29.3 Å². The number of anilines is 1. The summed E-state index contributed by atoms with van der Waals surface area (Å²) in [5, 5.41) is 8.39. The molecule has 0 heterocycles. The summed E-state index contributed by atoms with van der Waals surface area (Å²) < 4.78 is 0. The second kappa shape index (κ2) is 6.41. The summed E-state index contributed by atoms with van der Waals surface area (Å²) >= 11 is 0. The van der Waals surface area contributed by atoms with Gasteiger partial charge in [-0.3, -0.25) is 4.79 Å². The maximum absolute atomic E-state index is 11.8. The molecule has 0 radical (unpaired) electrons. The molecule has 0 bridgehead atoms. The quantitative estimate of drug-likeness (QED) is 0.771. The fraction of sp³-hybridized carbons (Fsp3) is 0.467. The van der Waals surface area contributed by atoms with E-state index in [2.05, 4.69) is 16.0 Å². The zero-order chi connectivity index (χ0) is 14.5. The molecule has 0 spiro atoms. The molecule has 0 atom stereocenters. The van der Waals surface area contributed by atoms with Crippen molar-refractivity contribution in [3.8, 4) is 0 Å². The Morgan fingerprint density at radius 3 is 2.65 bits per heavy atom. The average Bonchev–Trinajstić information content (AvgIpc) is 3.23. The fourth-order valence-electron chi connectivity index (χ4n) is 1.89. The Morgan fingerprint density at radius 2 is 2.00 bits per heavy atom. The average molecular weight is 275 g/mol. The Hall–Kier alpha value is -2.04. The van der Waals surface area contributed by atoms with Gasteiger partial charge in [0.2, 0.25) is 0 Å². The van der Waals surface area contributed by atoms with Gasteiger partial charge < -0.3 is 16.0 Å². The van der Waals surface area contributed by atoms with Gasteiger partial charge in [0.1, 0.15) is 0 Å². The van der Waals surface area contributed by atoms with Crippen LogP contribution in [0, 0.1) is 12.8 Å². The van der Waals surface area contributed by atoms with Crippen molar-refractivity contribution in [1.82, 2.24) is 10.6 Å². The van der Waals surface area contributed by atoms with Gasteiger partial charge in [-0.05, 0) is 50.3 Å². The molecule has 2 rings (SSSR count). The van der Waals surface area contributed by atoms with Crippen LogP contribution in [0.2, 0.25) is 0 Å². The molecule has 1 aliphatic rings. The lowest BCUT2D eigenvalue weighted by atomic mass is 10.1. The van der Waals surface area contributed by atoms with Gasteiger partial charge >= 0.3 is 6.03 Å². The largest absolute Gasteiger partial charge is 0.352 e. The van der Waals surface area contributed by atoms with Crippen LogP contribution in [0.5, 0.6) is 0 Å². The monoisotopic (exact) mass is 275 g/mol. The third-order valence-corrected chi connectivity index (χ3v) is 3.33. The maximum atomic E-state index is 11.8. The molecule has 1 aliphatic carbocycles. The minimum atomic E-state index is -0.215. The van der Waals surface area contributed by atoms with Crippen LogP contribution in [0.4, 0.5) is 10.5 Å². The first-order valence-electron chi connectivity index (χ1n) is 7.04. The molecule has 0 aromatic heterocycles. The third-order valence-electron chi connectivity index (χ3n) is 3.33. The second-order valence-corrected chi connectivity index (χ2v) is 5.17. The van der Waals surface area contributed by atoms with E-state index >= 15 is 0 Å². The zero-order valence-electron chi connectivity index (χ0n) is 12.0. The number of aryl methyl sites for hydroxylation is 1. The van der Waals surface area contributed by atoms with Gasteiger partial charge in [0, 0.05) is 24.3 Å². The van der Waals surface area contributed by atoms with Gasteiger partial charge in [-0.15, -0.1) is 0 Å². The predicted molar refractivity (Wildman–Crippen MR) is 78.9 cm³/mol. The SMILES string of the molecule is CCNC(=O)c1ccc(C)c(NC(=O)NCC2CC2)c1. The first kappa shape index (κ1) is 14.4. The number of amides is 3. The smallest absolute Gasteiger partial charge is 0.319 e. The van der Waals surface area contributed by atoms with Gasteiger partial charge in [-0.2, -0.15) is 0 Å². The van der Waals surface area contributed by atoms with E-state index in [0.29, 0.717) is 23.7 Å². The topological polar surface area (TPSA) is 70.2 Å². The van der Waals surface area contributed by atoms with E-state index < -0.39 is 0 Å². The molecule has 5 nitrogen and oxygen atoms in total. The van der Waals surface area contributed by atoms with E-state index in [1.165, 1.54) is 12.8 Å². The second-order valence-electron chi connectivity index (χ2n) is 5.17. The number of carbonyl (C=O) groups is 2. The van der Waals surface area contributed by atoms with Crippen molar-refractivity contribution in [2.24, 2.45) is 5.92 Å². The summed E-state index contributed by atoms with van der Waals surface area (Å²) in [5.41, 5.74) is 2.15. The lowest BCUT2D eigenvalue weighted by Gasteiger charge is -2.11.